The second kappa shape index (κ2) is 15.3. The Balaban J connectivity index is 0.00000220. The lowest BCUT2D eigenvalue weighted by molar-refractivity contribution is -0.150. The first-order valence-electron chi connectivity index (χ1n) is 13.9. The van der Waals surface area contributed by atoms with Gasteiger partial charge in [0.15, 0.2) is 5.01 Å². The maximum atomic E-state index is 13.5. The van der Waals surface area contributed by atoms with Crippen molar-refractivity contribution in [1.82, 2.24) is 19.8 Å². The standard InChI is InChI=1S/C29H37FN4O3S.2ClH/c1-2-26(25-19-38-29(32-25)28(36)23-18-31-24-17-20(30)8-9-22(23)24)37-27(35)7-6-12-33-15-10-21(11-16-33)34-13-4-3-5-14-34;;/h8-9,17-19,21,26,31H,2-7,10-16H2,1H3;2*1H/t26-;;/m0../s1. The van der Waals surface area contributed by atoms with Crippen LogP contribution in [0.3, 0.4) is 0 Å². The summed E-state index contributed by atoms with van der Waals surface area (Å²) < 4.78 is 19.3. The lowest BCUT2D eigenvalue weighted by Crippen LogP contribution is -2.46. The van der Waals surface area contributed by atoms with Crippen molar-refractivity contribution in [3.8, 4) is 0 Å². The van der Waals surface area contributed by atoms with Crippen molar-refractivity contribution in [2.24, 2.45) is 0 Å². The van der Waals surface area contributed by atoms with E-state index < -0.39 is 6.10 Å². The Morgan fingerprint density at radius 3 is 2.62 bits per heavy atom. The third kappa shape index (κ3) is 7.82. The topological polar surface area (TPSA) is 78.5 Å². The van der Waals surface area contributed by atoms with E-state index in [0.717, 1.165) is 32.1 Å². The van der Waals surface area contributed by atoms with Crippen LogP contribution in [0.25, 0.3) is 10.9 Å². The van der Waals surface area contributed by atoms with Crippen molar-refractivity contribution < 1.29 is 18.7 Å². The molecule has 0 aliphatic carbocycles. The molecule has 11 heteroatoms. The lowest BCUT2D eigenvalue weighted by Gasteiger charge is -2.40. The van der Waals surface area contributed by atoms with Crippen LogP contribution in [0, 0.1) is 5.82 Å². The number of carbonyl (C=O) groups excluding carboxylic acids is 2. The Kier molecular flexibility index (Phi) is 12.4. The van der Waals surface area contributed by atoms with Gasteiger partial charge in [-0.2, -0.15) is 0 Å². The molecule has 0 unspecified atom stereocenters. The van der Waals surface area contributed by atoms with E-state index in [9.17, 15) is 14.0 Å². The summed E-state index contributed by atoms with van der Waals surface area (Å²) in [7, 11) is 0. The number of rotatable bonds is 10. The third-order valence-corrected chi connectivity index (χ3v) is 8.76. The molecular formula is C29H39Cl2FN4O3S. The fourth-order valence-electron chi connectivity index (χ4n) is 5.75. The van der Waals surface area contributed by atoms with Gasteiger partial charge in [-0.3, -0.25) is 9.59 Å². The number of ether oxygens (including phenoxy) is 1. The Morgan fingerprint density at radius 1 is 1.15 bits per heavy atom. The van der Waals surface area contributed by atoms with Gasteiger partial charge in [0.25, 0.3) is 0 Å². The zero-order valence-electron chi connectivity index (χ0n) is 22.9. The highest BCUT2D eigenvalue weighted by Crippen LogP contribution is 2.28. The van der Waals surface area contributed by atoms with Gasteiger partial charge in [0.05, 0.1) is 11.3 Å². The van der Waals surface area contributed by atoms with Gasteiger partial charge in [-0.05, 0) is 89.4 Å². The van der Waals surface area contributed by atoms with Crippen LogP contribution in [0.15, 0.2) is 29.8 Å². The third-order valence-electron chi connectivity index (χ3n) is 7.90. The molecule has 1 N–H and O–H groups in total. The molecule has 5 rings (SSSR count). The SMILES string of the molecule is CC[C@H](OC(=O)CCCN1CCC(N2CCCCC2)CC1)c1csc(C(=O)c2c[nH]c3cc(F)ccc23)n1.Cl.Cl. The quantitative estimate of drug-likeness (QED) is 0.206. The molecule has 220 valence electrons. The summed E-state index contributed by atoms with van der Waals surface area (Å²) in [6, 6.07) is 5.03. The lowest BCUT2D eigenvalue weighted by atomic mass is 10.00. The highest BCUT2D eigenvalue weighted by molar-refractivity contribution is 7.12. The minimum absolute atomic E-state index is 0. The number of halogens is 3. The van der Waals surface area contributed by atoms with Crippen LogP contribution in [-0.4, -0.2) is 70.3 Å². The summed E-state index contributed by atoms with van der Waals surface area (Å²) in [6.07, 6.45) is 9.36. The number of aromatic amines is 1. The number of fused-ring (bicyclic) bond motifs is 1. The molecule has 3 aromatic rings. The number of carbonyl (C=O) groups is 2. The summed E-state index contributed by atoms with van der Waals surface area (Å²) >= 11 is 1.24. The van der Waals surface area contributed by atoms with Gasteiger partial charge in [0.2, 0.25) is 5.78 Å². The Hall–Kier alpha value is -2.04. The van der Waals surface area contributed by atoms with E-state index in [4.69, 9.17) is 4.74 Å². The van der Waals surface area contributed by atoms with Crippen LogP contribution in [-0.2, 0) is 9.53 Å². The number of ketones is 1. The number of aromatic nitrogens is 2. The largest absolute Gasteiger partial charge is 0.456 e. The first kappa shape index (κ1) is 32.5. The number of hydrogen-bond donors (Lipinski definition) is 1. The highest BCUT2D eigenvalue weighted by atomic mass is 35.5. The highest BCUT2D eigenvalue weighted by Gasteiger charge is 2.26. The first-order chi connectivity index (χ1) is 18.5. The summed E-state index contributed by atoms with van der Waals surface area (Å²) in [5.74, 6) is -0.816. The Morgan fingerprint density at radius 2 is 1.90 bits per heavy atom. The Bertz CT molecular complexity index is 1260. The van der Waals surface area contributed by atoms with Crippen molar-refractivity contribution in [2.45, 2.75) is 70.4 Å². The average molecular weight is 614 g/mol. The molecule has 0 spiro atoms. The molecule has 0 bridgehead atoms. The van der Waals surface area contributed by atoms with E-state index in [-0.39, 0.29) is 42.4 Å². The maximum Gasteiger partial charge on any atom is 0.306 e. The van der Waals surface area contributed by atoms with Crippen LogP contribution >= 0.6 is 36.2 Å². The summed E-state index contributed by atoms with van der Waals surface area (Å²) in [5, 5.41) is 2.77. The zero-order valence-corrected chi connectivity index (χ0v) is 25.4. The number of nitrogens with zero attached hydrogens (tertiary/aromatic N) is 3. The van der Waals surface area contributed by atoms with Crippen LogP contribution in [0.5, 0.6) is 0 Å². The molecule has 2 aliphatic heterocycles. The fraction of sp³-hybridized carbons (Fsp3) is 0.552. The van der Waals surface area contributed by atoms with Gasteiger partial charge in [-0.1, -0.05) is 13.3 Å². The van der Waals surface area contributed by atoms with Crippen LogP contribution in [0.2, 0.25) is 0 Å². The van der Waals surface area contributed by atoms with E-state index in [0.29, 0.717) is 40.0 Å². The number of H-pyrrole nitrogens is 1. The molecule has 2 saturated heterocycles. The zero-order chi connectivity index (χ0) is 26.5. The smallest absolute Gasteiger partial charge is 0.306 e. The van der Waals surface area contributed by atoms with Gasteiger partial charge in [0.1, 0.15) is 11.9 Å². The fourth-order valence-corrected chi connectivity index (χ4v) is 6.56. The number of benzene rings is 1. The molecule has 40 heavy (non-hydrogen) atoms. The molecule has 0 saturated carbocycles. The molecule has 1 aromatic carbocycles. The van der Waals surface area contributed by atoms with Gasteiger partial charge in [-0.15, -0.1) is 36.2 Å². The second-order valence-electron chi connectivity index (χ2n) is 10.5. The van der Waals surface area contributed by atoms with Crippen molar-refractivity contribution >= 4 is 58.8 Å². The minimum Gasteiger partial charge on any atom is -0.456 e. The molecule has 4 heterocycles. The number of thiazole rings is 1. The number of piperidine rings is 2. The van der Waals surface area contributed by atoms with Gasteiger partial charge in [0, 0.05) is 34.9 Å². The van der Waals surface area contributed by atoms with Gasteiger partial charge < -0.3 is 19.5 Å². The molecule has 1 atom stereocenters. The van der Waals surface area contributed by atoms with E-state index in [1.807, 2.05) is 6.92 Å². The number of esters is 1. The first-order valence-corrected chi connectivity index (χ1v) is 14.8. The maximum absolute atomic E-state index is 13.5. The molecule has 2 fully saturated rings. The normalized spacial score (nSPS) is 17.6. The number of hydrogen-bond acceptors (Lipinski definition) is 7. The summed E-state index contributed by atoms with van der Waals surface area (Å²) in [4.78, 5) is 38.3. The molecule has 0 radical (unpaired) electrons. The Labute approximate surface area is 251 Å². The van der Waals surface area contributed by atoms with Gasteiger partial charge >= 0.3 is 5.97 Å². The molecular weight excluding hydrogens is 574 g/mol. The van der Waals surface area contributed by atoms with Gasteiger partial charge in [-0.25, -0.2) is 9.37 Å². The minimum atomic E-state index is -0.474. The molecule has 2 aromatic heterocycles. The number of nitrogens with one attached hydrogen (secondary N) is 1. The summed E-state index contributed by atoms with van der Waals surface area (Å²) in [5.41, 5.74) is 1.61. The van der Waals surface area contributed by atoms with Crippen molar-refractivity contribution in [3.05, 3.63) is 51.9 Å². The van der Waals surface area contributed by atoms with Crippen molar-refractivity contribution in [1.29, 1.82) is 0 Å². The van der Waals surface area contributed by atoms with Crippen LogP contribution < -0.4 is 0 Å². The van der Waals surface area contributed by atoms with Crippen molar-refractivity contribution in [2.75, 3.05) is 32.7 Å². The molecule has 7 nitrogen and oxygen atoms in total. The second-order valence-corrected chi connectivity index (χ2v) is 11.3. The van der Waals surface area contributed by atoms with Crippen molar-refractivity contribution in [3.63, 3.8) is 0 Å². The van der Waals surface area contributed by atoms with Crippen LogP contribution in [0.1, 0.15) is 85.5 Å². The van der Waals surface area contributed by atoms with E-state index >= 15 is 0 Å². The summed E-state index contributed by atoms with van der Waals surface area (Å²) in [6.45, 7) is 7.59. The van der Waals surface area contributed by atoms with E-state index in [1.54, 1.807) is 17.6 Å². The van der Waals surface area contributed by atoms with Crippen LogP contribution in [0.4, 0.5) is 4.39 Å². The molecule has 0 amide bonds. The van der Waals surface area contributed by atoms with E-state index in [2.05, 4.69) is 19.8 Å². The monoisotopic (exact) mass is 612 g/mol. The van der Waals surface area contributed by atoms with E-state index in [1.165, 1.54) is 68.7 Å². The average Bonchev–Trinajstić information content (AvgIpc) is 3.60. The number of likely N-dealkylation sites (tertiary alicyclic amines) is 2. The molecule has 2 aliphatic rings. The predicted octanol–water partition coefficient (Wildman–Crippen LogP) is 6.56. The predicted molar refractivity (Wildman–Crippen MR) is 162 cm³/mol.